The number of carboxylic acid groups (broad SMARTS) is 1. The van der Waals surface area contributed by atoms with Crippen LogP contribution in [-0.2, 0) is 4.79 Å². The summed E-state index contributed by atoms with van der Waals surface area (Å²) in [6.07, 6.45) is 0. The van der Waals surface area contributed by atoms with Gasteiger partial charge in [-0.25, -0.2) is 14.4 Å². The number of benzene rings is 2. The van der Waals surface area contributed by atoms with Crippen molar-refractivity contribution < 1.29 is 23.8 Å². The van der Waals surface area contributed by atoms with Crippen LogP contribution in [0.4, 0.5) is 10.2 Å². The fraction of sp³-hybridized carbons (Fsp3) is 0.0526. The number of aliphatic carboxylic acids is 1. The van der Waals surface area contributed by atoms with Crippen LogP contribution in [0.2, 0.25) is 0 Å². The Bertz CT molecular complexity index is 1010. The second-order valence-corrected chi connectivity index (χ2v) is 5.65. The van der Waals surface area contributed by atoms with Gasteiger partial charge in [0.05, 0.1) is 0 Å². The number of halogens is 1. The molecule has 0 spiro atoms. The summed E-state index contributed by atoms with van der Waals surface area (Å²) >= 11 is 0. The van der Waals surface area contributed by atoms with E-state index in [1.165, 1.54) is 30.3 Å². The molecule has 2 aromatic carbocycles. The number of hydrogen-bond acceptors (Lipinski definition) is 6. The van der Waals surface area contributed by atoms with Gasteiger partial charge in [0.1, 0.15) is 35.4 Å². The normalized spacial score (nSPS) is 10.3. The summed E-state index contributed by atoms with van der Waals surface area (Å²) in [6, 6.07) is 13.5. The van der Waals surface area contributed by atoms with Gasteiger partial charge < -0.3 is 20.9 Å². The summed E-state index contributed by atoms with van der Waals surface area (Å²) in [5.74, 6) is -0.875. The van der Waals surface area contributed by atoms with Gasteiger partial charge >= 0.3 is 5.97 Å². The van der Waals surface area contributed by atoms with Gasteiger partial charge in [0.15, 0.2) is 5.82 Å². The molecule has 0 saturated heterocycles. The SMILES string of the molecule is NC(=O)c1cc(NCC(=O)O)nc(-c2ccc(Oc3ccc(F)cc3)cc2)n1. The molecule has 0 saturated carbocycles. The van der Waals surface area contributed by atoms with Crippen molar-refractivity contribution in [3.05, 3.63) is 66.1 Å². The highest BCUT2D eigenvalue weighted by atomic mass is 19.1. The Hall–Kier alpha value is -4.01. The first-order valence-electron chi connectivity index (χ1n) is 8.09. The summed E-state index contributed by atoms with van der Waals surface area (Å²) in [7, 11) is 0. The summed E-state index contributed by atoms with van der Waals surface area (Å²) in [6.45, 7) is -0.376. The molecule has 142 valence electrons. The van der Waals surface area contributed by atoms with Crippen LogP contribution in [0, 0.1) is 5.82 Å². The predicted molar refractivity (Wildman–Crippen MR) is 98.6 cm³/mol. The Morgan fingerprint density at radius 1 is 1.04 bits per heavy atom. The molecular weight excluding hydrogens is 367 g/mol. The van der Waals surface area contributed by atoms with E-state index in [1.807, 2.05) is 0 Å². The summed E-state index contributed by atoms with van der Waals surface area (Å²) in [5.41, 5.74) is 5.80. The van der Waals surface area contributed by atoms with E-state index in [2.05, 4.69) is 15.3 Å². The van der Waals surface area contributed by atoms with Crippen LogP contribution in [0.15, 0.2) is 54.6 Å². The maximum atomic E-state index is 12.9. The highest BCUT2D eigenvalue weighted by Gasteiger charge is 2.11. The number of hydrogen-bond donors (Lipinski definition) is 3. The van der Waals surface area contributed by atoms with Crippen molar-refractivity contribution in [2.75, 3.05) is 11.9 Å². The number of ether oxygens (including phenoxy) is 1. The molecule has 4 N–H and O–H groups in total. The van der Waals surface area contributed by atoms with Gasteiger partial charge in [0.25, 0.3) is 5.91 Å². The van der Waals surface area contributed by atoms with Gasteiger partial charge in [-0.3, -0.25) is 9.59 Å². The van der Waals surface area contributed by atoms with E-state index >= 15 is 0 Å². The number of nitrogens with one attached hydrogen (secondary N) is 1. The van der Waals surface area contributed by atoms with Crippen LogP contribution >= 0.6 is 0 Å². The van der Waals surface area contributed by atoms with Gasteiger partial charge in [0, 0.05) is 11.6 Å². The minimum Gasteiger partial charge on any atom is -0.480 e. The van der Waals surface area contributed by atoms with E-state index in [0.29, 0.717) is 17.1 Å². The molecule has 3 aromatic rings. The maximum Gasteiger partial charge on any atom is 0.322 e. The Morgan fingerprint density at radius 3 is 2.21 bits per heavy atom. The fourth-order valence-corrected chi connectivity index (χ4v) is 2.27. The van der Waals surface area contributed by atoms with Gasteiger partial charge in [-0.2, -0.15) is 0 Å². The molecule has 0 aliphatic carbocycles. The van der Waals surface area contributed by atoms with Gasteiger partial charge in [-0.05, 0) is 48.5 Å². The number of carboxylic acids is 1. The molecule has 0 unspecified atom stereocenters. The quantitative estimate of drug-likeness (QED) is 0.573. The number of carbonyl (C=O) groups is 2. The standard InChI is InChI=1S/C19H15FN4O4/c20-12-3-7-14(8-4-12)28-13-5-1-11(2-6-13)19-23-15(18(21)27)9-16(24-19)22-10-17(25)26/h1-9H,10H2,(H2,21,27)(H,25,26)(H,22,23,24). The molecule has 9 heteroatoms. The van der Waals surface area contributed by atoms with E-state index in [0.717, 1.165) is 0 Å². The number of amides is 1. The van der Waals surface area contributed by atoms with E-state index in [1.54, 1.807) is 24.3 Å². The molecule has 0 aliphatic rings. The Balaban J connectivity index is 1.84. The molecule has 1 aromatic heterocycles. The maximum absolute atomic E-state index is 12.9. The third-order valence-electron chi connectivity index (χ3n) is 3.56. The van der Waals surface area contributed by atoms with E-state index in [-0.39, 0.29) is 29.7 Å². The lowest BCUT2D eigenvalue weighted by molar-refractivity contribution is -0.134. The van der Waals surface area contributed by atoms with Gasteiger partial charge in [-0.15, -0.1) is 0 Å². The summed E-state index contributed by atoms with van der Waals surface area (Å²) < 4.78 is 18.6. The van der Waals surface area contributed by atoms with Crippen molar-refractivity contribution >= 4 is 17.7 Å². The predicted octanol–water partition coefficient (Wildman–Crippen LogP) is 2.67. The van der Waals surface area contributed by atoms with E-state index < -0.39 is 11.9 Å². The highest BCUT2D eigenvalue weighted by molar-refractivity contribution is 5.92. The second kappa shape index (κ2) is 8.12. The minimum absolute atomic E-state index is 0.0514. The van der Waals surface area contributed by atoms with Crippen LogP contribution < -0.4 is 15.8 Å². The number of nitrogens with zero attached hydrogens (tertiary/aromatic N) is 2. The van der Waals surface area contributed by atoms with Crippen LogP contribution in [0.3, 0.4) is 0 Å². The smallest absolute Gasteiger partial charge is 0.322 e. The zero-order valence-electron chi connectivity index (χ0n) is 14.4. The molecule has 0 fully saturated rings. The van der Waals surface area contributed by atoms with E-state index in [4.69, 9.17) is 15.6 Å². The monoisotopic (exact) mass is 382 g/mol. The molecule has 0 radical (unpaired) electrons. The molecule has 0 atom stereocenters. The molecule has 3 rings (SSSR count). The van der Waals surface area contributed by atoms with Crippen molar-refractivity contribution in [1.82, 2.24) is 9.97 Å². The van der Waals surface area contributed by atoms with Gasteiger partial charge in [0.2, 0.25) is 0 Å². The molecule has 1 amide bonds. The van der Waals surface area contributed by atoms with Crippen LogP contribution in [0.5, 0.6) is 11.5 Å². The lowest BCUT2D eigenvalue weighted by atomic mass is 10.2. The molecule has 0 aliphatic heterocycles. The first-order chi connectivity index (χ1) is 13.4. The molecule has 1 heterocycles. The second-order valence-electron chi connectivity index (χ2n) is 5.65. The van der Waals surface area contributed by atoms with Crippen LogP contribution in [0.25, 0.3) is 11.4 Å². The average Bonchev–Trinajstić information content (AvgIpc) is 2.68. The third-order valence-corrected chi connectivity index (χ3v) is 3.56. The zero-order valence-corrected chi connectivity index (χ0v) is 14.4. The Kier molecular flexibility index (Phi) is 5.45. The molecular formula is C19H15FN4O4. The molecule has 0 bridgehead atoms. The summed E-state index contributed by atoms with van der Waals surface area (Å²) in [5, 5.41) is 11.4. The lowest BCUT2D eigenvalue weighted by Crippen LogP contribution is -2.17. The van der Waals surface area contributed by atoms with Crippen molar-refractivity contribution in [3.8, 4) is 22.9 Å². The molecule has 28 heavy (non-hydrogen) atoms. The Morgan fingerprint density at radius 2 is 1.64 bits per heavy atom. The number of carbonyl (C=O) groups excluding carboxylic acids is 1. The van der Waals surface area contributed by atoms with Crippen LogP contribution in [0.1, 0.15) is 10.5 Å². The number of primary amides is 1. The largest absolute Gasteiger partial charge is 0.480 e. The van der Waals surface area contributed by atoms with Gasteiger partial charge in [-0.1, -0.05) is 0 Å². The van der Waals surface area contributed by atoms with Crippen molar-refractivity contribution in [1.29, 1.82) is 0 Å². The Labute approximate surface area is 158 Å². The van der Waals surface area contributed by atoms with Crippen molar-refractivity contribution in [2.24, 2.45) is 5.73 Å². The first-order valence-corrected chi connectivity index (χ1v) is 8.09. The van der Waals surface area contributed by atoms with Crippen LogP contribution in [-0.4, -0.2) is 33.5 Å². The minimum atomic E-state index is -1.08. The first kappa shape index (κ1) is 18.8. The van der Waals surface area contributed by atoms with Crippen molar-refractivity contribution in [2.45, 2.75) is 0 Å². The van der Waals surface area contributed by atoms with E-state index in [9.17, 15) is 14.0 Å². The number of anilines is 1. The number of rotatable bonds is 7. The number of nitrogens with two attached hydrogens (primary N) is 1. The third kappa shape index (κ3) is 4.79. The fourth-order valence-electron chi connectivity index (χ4n) is 2.27. The molecule has 8 nitrogen and oxygen atoms in total. The zero-order chi connectivity index (χ0) is 20.1. The average molecular weight is 382 g/mol. The number of aromatic nitrogens is 2. The summed E-state index contributed by atoms with van der Waals surface area (Å²) in [4.78, 5) is 30.5. The highest BCUT2D eigenvalue weighted by Crippen LogP contribution is 2.25. The topological polar surface area (TPSA) is 127 Å². The van der Waals surface area contributed by atoms with Crippen molar-refractivity contribution in [3.63, 3.8) is 0 Å². The lowest BCUT2D eigenvalue weighted by Gasteiger charge is -2.09.